The Morgan fingerprint density at radius 3 is 2.56 bits per heavy atom. The van der Waals surface area contributed by atoms with E-state index in [1.807, 2.05) is 55.5 Å². The molecule has 0 aliphatic rings. The van der Waals surface area contributed by atoms with Crippen molar-refractivity contribution in [2.24, 2.45) is 0 Å². The minimum atomic E-state index is 0.135. The molecule has 3 aromatic rings. The molecule has 3 N–H and O–H groups in total. The van der Waals surface area contributed by atoms with E-state index in [9.17, 15) is 4.79 Å². The van der Waals surface area contributed by atoms with Crippen molar-refractivity contribution in [3.63, 3.8) is 0 Å². The fourth-order valence-corrected chi connectivity index (χ4v) is 2.97. The van der Waals surface area contributed by atoms with Crippen LogP contribution in [-0.4, -0.2) is 11.6 Å². The van der Waals surface area contributed by atoms with Crippen molar-refractivity contribution in [1.29, 1.82) is 0 Å². The molecule has 25 heavy (non-hydrogen) atoms. The van der Waals surface area contributed by atoms with E-state index in [0.717, 1.165) is 59.3 Å². The lowest BCUT2D eigenvalue weighted by molar-refractivity contribution is 0.305. The highest BCUT2D eigenvalue weighted by Gasteiger charge is 2.07. The van der Waals surface area contributed by atoms with E-state index < -0.39 is 0 Å². The zero-order chi connectivity index (χ0) is 17.6. The van der Waals surface area contributed by atoms with Gasteiger partial charge in [0, 0.05) is 27.8 Å². The van der Waals surface area contributed by atoms with Crippen molar-refractivity contribution in [1.82, 2.24) is 4.98 Å². The highest BCUT2D eigenvalue weighted by molar-refractivity contribution is 5.79. The molecule has 0 amide bonds. The maximum absolute atomic E-state index is 12.4. The van der Waals surface area contributed by atoms with Gasteiger partial charge in [0.15, 0.2) is 5.43 Å². The number of rotatable bonds is 7. The molecule has 130 valence electrons. The number of aryl methyl sites for hydroxylation is 1. The highest BCUT2D eigenvalue weighted by Crippen LogP contribution is 2.15. The van der Waals surface area contributed by atoms with Gasteiger partial charge in [-0.05, 0) is 69.0 Å². The van der Waals surface area contributed by atoms with Gasteiger partial charge in [-0.3, -0.25) is 4.79 Å². The van der Waals surface area contributed by atoms with Crippen molar-refractivity contribution in [2.45, 2.75) is 32.6 Å². The number of benzene rings is 2. The van der Waals surface area contributed by atoms with Crippen LogP contribution in [0.4, 0.5) is 5.69 Å². The molecule has 0 radical (unpaired) electrons. The molecular weight excluding hydrogens is 312 g/mol. The Labute approximate surface area is 147 Å². The zero-order valence-corrected chi connectivity index (χ0v) is 14.5. The van der Waals surface area contributed by atoms with Crippen LogP contribution in [0.1, 0.15) is 30.5 Å². The summed E-state index contributed by atoms with van der Waals surface area (Å²) in [5.74, 6) is 0.851. The smallest absolute Gasteiger partial charge is 0.192 e. The number of H-pyrrole nitrogens is 1. The summed E-state index contributed by atoms with van der Waals surface area (Å²) in [4.78, 5) is 15.8. The third-order valence-corrected chi connectivity index (χ3v) is 4.47. The Morgan fingerprint density at radius 2 is 1.76 bits per heavy atom. The number of aromatic nitrogens is 1. The predicted molar refractivity (Wildman–Crippen MR) is 103 cm³/mol. The summed E-state index contributed by atoms with van der Waals surface area (Å²) in [5, 5.41) is 0.764. The van der Waals surface area contributed by atoms with E-state index in [1.54, 1.807) is 0 Å². The van der Waals surface area contributed by atoms with E-state index in [0.29, 0.717) is 6.61 Å². The number of aromatic amines is 1. The second kappa shape index (κ2) is 7.88. The average molecular weight is 336 g/mol. The molecule has 0 fully saturated rings. The number of hydrogen-bond donors (Lipinski definition) is 2. The number of pyridine rings is 1. The number of unbranched alkanes of at least 4 members (excludes halogenated alkanes) is 2. The molecule has 0 spiro atoms. The number of nitrogens with two attached hydrogens (primary N) is 1. The van der Waals surface area contributed by atoms with Gasteiger partial charge in [0.05, 0.1) is 6.61 Å². The molecule has 3 rings (SSSR count). The molecular formula is C21H24N2O2. The molecule has 0 unspecified atom stereocenters. The van der Waals surface area contributed by atoms with E-state index in [4.69, 9.17) is 10.5 Å². The summed E-state index contributed by atoms with van der Waals surface area (Å²) in [6, 6.07) is 15.1. The molecule has 0 bridgehead atoms. The number of para-hydroxylation sites is 1. The van der Waals surface area contributed by atoms with Crippen LogP contribution in [0.25, 0.3) is 10.9 Å². The van der Waals surface area contributed by atoms with Crippen LogP contribution >= 0.6 is 0 Å². The summed E-state index contributed by atoms with van der Waals surface area (Å²) < 4.78 is 5.70. The normalized spacial score (nSPS) is 10.9. The maximum Gasteiger partial charge on any atom is 0.192 e. The first-order valence-corrected chi connectivity index (χ1v) is 8.74. The zero-order valence-electron chi connectivity index (χ0n) is 14.5. The van der Waals surface area contributed by atoms with Crippen LogP contribution < -0.4 is 15.9 Å². The van der Waals surface area contributed by atoms with E-state index in [2.05, 4.69) is 4.98 Å². The standard InChI is InChI=1S/C21H24N2O2/c1-15-19(23-20-9-5-4-7-18(20)21(15)24)8-3-2-6-14-25-17-12-10-16(22)11-13-17/h4-5,7,9-13H,2-3,6,8,14,22H2,1H3,(H,23,24). The number of nitrogens with one attached hydrogen (secondary N) is 1. The molecule has 1 heterocycles. The second-order valence-corrected chi connectivity index (χ2v) is 6.33. The molecule has 0 atom stereocenters. The van der Waals surface area contributed by atoms with Crippen molar-refractivity contribution < 1.29 is 4.74 Å². The van der Waals surface area contributed by atoms with Gasteiger partial charge in [-0.1, -0.05) is 12.1 Å². The fourth-order valence-electron chi connectivity index (χ4n) is 2.97. The molecule has 4 heteroatoms. The number of ether oxygens (including phenoxy) is 1. The lowest BCUT2D eigenvalue weighted by Crippen LogP contribution is -2.11. The summed E-state index contributed by atoms with van der Waals surface area (Å²) in [6.07, 6.45) is 3.96. The van der Waals surface area contributed by atoms with Crippen molar-refractivity contribution in [2.75, 3.05) is 12.3 Å². The van der Waals surface area contributed by atoms with Crippen LogP contribution in [0.2, 0.25) is 0 Å². The SMILES string of the molecule is Cc1c(CCCCCOc2ccc(N)cc2)[nH]c2ccccc2c1=O. The molecule has 2 aromatic carbocycles. The third kappa shape index (κ3) is 4.21. The van der Waals surface area contributed by atoms with E-state index in [1.165, 1.54) is 0 Å². The van der Waals surface area contributed by atoms with Crippen LogP contribution in [0.5, 0.6) is 5.75 Å². The van der Waals surface area contributed by atoms with Crippen molar-refractivity contribution in [3.8, 4) is 5.75 Å². The van der Waals surface area contributed by atoms with Gasteiger partial charge in [0.1, 0.15) is 5.75 Å². The van der Waals surface area contributed by atoms with Crippen LogP contribution in [0.3, 0.4) is 0 Å². The third-order valence-electron chi connectivity index (χ3n) is 4.47. The van der Waals surface area contributed by atoms with Gasteiger partial charge in [0.25, 0.3) is 0 Å². The molecule has 0 saturated carbocycles. The number of anilines is 1. The van der Waals surface area contributed by atoms with Gasteiger partial charge >= 0.3 is 0 Å². The lowest BCUT2D eigenvalue weighted by Gasteiger charge is -2.09. The topological polar surface area (TPSA) is 68.1 Å². The van der Waals surface area contributed by atoms with Crippen molar-refractivity contribution >= 4 is 16.6 Å². The van der Waals surface area contributed by atoms with E-state index >= 15 is 0 Å². The first kappa shape index (κ1) is 17.1. The minimum absolute atomic E-state index is 0.135. The Hall–Kier alpha value is -2.75. The highest BCUT2D eigenvalue weighted by atomic mass is 16.5. The van der Waals surface area contributed by atoms with Crippen molar-refractivity contribution in [3.05, 3.63) is 70.0 Å². The average Bonchev–Trinajstić information content (AvgIpc) is 2.63. The summed E-state index contributed by atoms with van der Waals surface area (Å²) >= 11 is 0. The molecule has 0 aliphatic heterocycles. The summed E-state index contributed by atoms with van der Waals surface area (Å²) in [5.41, 5.74) is 9.32. The number of hydrogen-bond acceptors (Lipinski definition) is 3. The minimum Gasteiger partial charge on any atom is -0.494 e. The van der Waals surface area contributed by atoms with Crippen LogP contribution in [0.15, 0.2) is 53.3 Å². The quantitative estimate of drug-likeness (QED) is 0.501. The Balaban J connectivity index is 1.49. The summed E-state index contributed by atoms with van der Waals surface area (Å²) in [6.45, 7) is 2.60. The van der Waals surface area contributed by atoms with Gasteiger partial charge in [-0.2, -0.15) is 0 Å². The molecule has 4 nitrogen and oxygen atoms in total. The van der Waals surface area contributed by atoms with Gasteiger partial charge < -0.3 is 15.5 Å². The molecule has 1 aromatic heterocycles. The van der Waals surface area contributed by atoms with Crippen LogP contribution in [-0.2, 0) is 6.42 Å². The first-order chi connectivity index (χ1) is 12.1. The number of fused-ring (bicyclic) bond motifs is 1. The monoisotopic (exact) mass is 336 g/mol. The maximum atomic E-state index is 12.4. The lowest BCUT2D eigenvalue weighted by atomic mass is 10.0. The number of nitrogen functional groups attached to an aromatic ring is 1. The Bertz CT molecular complexity index is 898. The predicted octanol–water partition coefficient (Wildman–Crippen LogP) is 4.21. The molecule has 0 aliphatic carbocycles. The van der Waals surface area contributed by atoms with Gasteiger partial charge in [-0.25, -0.2) is 0 Å². The first-order valence-electron chi connectivity index (χ1n) is 8.74. The largest absolute Gasteiger partial charge is 0.494 e. The Kier molecular flexibility index (Phi) is 5.39. The Morgan fingerprint density at radius 1 is 1.00 bits per heavy atom. The van der Waals surface area contributed by atoms with Crippen LogP contribution in [0, 0.1) is 6.92 Å². The molecule has 0 saturated heterocycles. The van der Waals surface area contributed by atoms with Gasteiger partial charge in [0.2, 0.25) is 0 Å². The van der Waals surface area contributed by atoms with E-state index in [-0.39, 0.29) is 5.43 Å². The fraction of sp³-hybridized carbons (Fsp3) is 0.286. The van der Waals surface area contributed by atoms with Gasteiger partial charge in [-0.15, -0.1) is 0 Å². The second-order valence-electron chi connectivity index (χ2n) is 6.33. The summed E-state index contributed by atoms with van der Waals surface area (Å²) in [7, 11) is 0.